The third-order valence-electron chi connectivity index (χ3n) is 4.85. The van der Waals surface area contributed by atoms with E-state index in [0.29, 0.717) is 5.02 Å². The Morgan fingerprint density at radius 3 is 2.03 bits per heavy atom. The van der Waals surface area contributed by atoms with Gasteiger partial charge in [0.05, 0.1) is 20.6 Å². The Hall–Kier alpha value is -1.76. The summed E-state index contributed by atoms with van der Waals surface area (Å²) in [7, 11) is -4.00. The highest BCUT2D eigenvalue weighted by molar-refractivity contribution is 7.92. The minimum atomic E-state index is -4.00. The number of nitrogens with zero attached hydrogens (tertiary/aromatic N) is 1. The highest BCUT2D eigenvalue weighted by atomic mass is 35.5. The third-order valence-corrected chi connectivity index (χ3v) is 7.38. The summed E-state index contributed by atoms with van der Waals surface area (Å²) in [4.78, 5) is 12.9. The maximum Gasteiger partial charge on any atom is 0.264 e. The van der Waals surface area contributed by atoms with Gasteiger partial charge in [-0.15, -0.1) is 0 Å². The quantitative estimate of drug-likeness (QED) is 0.569. The molecule has 30 heavy (non-hydrogen) atoms. The van der Waals surface area contributed by atoms with E-state index in [1.165, 1.54) is 30.3 Å². The second kappa shape index (κ2) is 10.0. The monoisotopic (exact) mass is 470 g/mol. The van der Waals surface area contributed by atoms with Crippen LogP contribution in [0.1, 0.15) is 33.3 Å². The highest BCUT2D eigenvalue weighted by Gasteiger charge is 2.29. The number of anilines is 1. The van der Waals surface area contributed by atoms with E-state index in [2.05, 4.69) is 5.32 Å². The van der Waals surface area contributed by atoms with Crippen LogP contribution in [0.5, 0.6) is 0 Å². The Labute approximate surface area is 189 Å². The van der Waals surface area contributed by atoms with Crippen LogP contribution in [0.3, 0.4) is 0 Å². The molecule has 0 aliphatic rings. The zero-order valence-electron chi connectivity index (χ0n) is 17.8. The number of aryl methyl sites for hydroxylation is 1. The van der Waals surface area contributed by atoms with Crippen molar-refractivity contribution in [3.63, 3.8) is 0 Å². The van der Waals surface area contributed by atoms with Crippen molar-refractivity contribution in [2.24, 2.45) is 11.8 Å². The average Bonchev–Trinajstić information content (AvgIpc) is 2.66. The normalized spacial score (nSPS) is 11.9. The maximum absolute atomic E-state index is 13.4. The van der Waals surface area contributed by atoms with Gasteiger partial charge in [-0.05, 0) is 49.1 Å². The van der Waals surface area contributed by atoms with Gasteiger partial charge in [0.15, 0.2) is 0 Å². The molecule has 0 aliphatic heterocycles. The van der Waals surface area contributed by atoms with E-state index in [1.807, 2.05) is 34.6 Å². The Bertz CT molecular complexity index is 982. The smallest absolute Gasteiger partial charge is 0.264 e. The number of benzene rings is 2. The van der Waals surface area contributed by atoms with Crippen LogP contribution in [0.2, 0.25) is 10.0 Å². The Morgan fingerprint density at radius 1 is 0.967 bits per heavy atom. The molecule has 1 amide bonds. The van der Waals surface area contributed by atoms with Gasteiger partial charge < -0.3 is 5.32 Å². The number of hydrogen-bond acceptors (Lipinski definition) is 3. The van der Waals surface area contributed by atoms with Crippen molar-refractivity contribution in [2.75, 3.05) is 10.8 Å². The summed E-state index contributed by atoms with van der Waals surface area (Å²) in [5, 5.41) is 3.48. The summed E-state index contributed by atoms with van der Waals surface area (Å²) in [5.74, 6) is 0.0336. The van der Waals surface area contributed by atoms with Crippen LogP contribution in [-0.4, -0.2) is 26.9 Å². The Morgan fingerprint density at radius 2 is 1.53 bits per heavy atom. The van der Waals surface area contributed by atoms with E-state index in [9.17, 15) is 13.2 Å². The molecule has 0 saturated heterocycles. The van der Waals surface area contributed by atoms with Crippen molar-refractivity contribution in [3.8, 4) is 0 Å². The van der Waals surface area contributed by atoms with Gasteiger partial charge in [-0.25, -0.2) is 8.42 Å². The van der Waals surface area contributed by atoms with Crippen molar-refractivity contribution >= 4 is 44.8 Å². The lowest BCUT2D eigenvalue weighted by Gasteiger charge is -2.29. The molecule has 2 aromatic carbocycles. The SMILES string of the molecule is Cc1ccc(S(=O)(=O)N(CC(=O)NC(C(C)C)C(C)C)c2ccc(Cl)c(Cl)c2)cc1. The molecule has 0 bridgehead atoms. The van der Waals surface area contributed by atoms with E-state index < -0.39 is 10.0 Å². The van der Waals surface area contributed by atoms with E-state index in [-0.39, 0.29) is 45.9 Å². The van der Waals surface area contributed by atoms with Gasteiger partial charge in [0.25, 0.3) is 10.0 Å². The molecule has 0 fully saturated rings. The van der Waals surface area contributed by atoms with Crippen LogP contribution in [0.15, 0.2) is 47.4 Å². The number of amides is 1. The van der Waals surface area contributed by atoms with E-state index >= 15 is 0 Å². The molecule has 2 aromatic rings. The highest BCUT2D eigenvalue weighted by Crippen LogP contribution is 2.30. The minimum absolute atomic E-state index is 0.0739. The Balaban J connectivity index is 2.45. The van der Waals surface area contributed by atoms with Gasteiger partial charge in [-0.2, -0.15) is 0 Å². The summed E-state index contributed by atoms with van der Waals surface area (Å²) in [6, 6.07) is 10.9. The number of sulfonamides is 1. The molecule has 0 radical (unpaired) electrons. The third kappa shape index (κ3) is 5.90. The summed E-state index contributed by atoms with van der Waals surface area (Å²) in [6.07, 6.45) is 0. The van der Waals surface area contributed by atoms with Crippen molar-refractivity contribution in [3.05, 3.63) is 58.1 Å². The summed E-state index contributed by atoms with van der Waals surface area (Å²) in [6.45, 7) is 9.58. The zero-order valence-corrected chi connectivity index (χ0v) is 20.1. The molecule has 0 aromatic heterocycles. The van der Waals surface area contributed by atoms with Crippen molar-refractivity contribution < 1.29 is 13.2 Å². The first-order chi connectivity index (χ1) is 13.9. The van der Waals surface area contributed by atoms with Gasteiger partial charge in [-0.3, -0.25) is 9.10 Å². The van der Waals surface area contributed by atoms with Gasteiger partial charge in [0, 0.05) is 6.04 Å². The van der Waals surface area contributed by atoms with E-state index in [1.54, 1.807) is 12.1 Å². The second-order valence-electron chi connectivity index (χ2n) is 8.00. The molecular formula is C22H28Cl2N2O3S. The molecule has 164 valence electrons. The van der Waals surface area contributed by atoms with Crippen molar-refractivity contribution in [1.82, 2.24) is 5.32 Å². The fourth-order valence-corrected chi connectivity index (χ4v) is 4.96. The molecule has 0 saturated carbocycles. The van der Waals surface area contributed by atoms with Gasteiger partial charge >= 0.3 is 0 Å². The van der Waals surface area contributed by atoms with Crippen LogP contribution in [0.4, 0.5) is 5.69 Å². The predicted molar refractivity (Wildman–Crippen MR) is 124 cm³/mol. The predicted octanol–water partition coefficient (Wildman–Crippen LogP) is 5.29. The molecular weight excluding hydrogens is 443 g/mol. The largest absolute Gasteiger partial charge is 0.351 e. The second-order valence-corrected chi connectivity index (χ2v) is 10.7. The fraction of sp³-hybridized carbons (Fsp3) is 0.409. The average molecular weight is 471 g/mol. The first-order valence-corrected chi connectivity index (χ1v) is 12.0. The number of halogens is 2. The standard InChI is InChI=1S/C22H28Cl2N2O3S/c1-14(2)22(15(3)4)25-21(27)13-26(17-8-11-19(23)20(24)12-17)30(28,29)18-9-6-16(5)7-10-18/h6-12,14-15,22H,13H2,1-5H3,(H,25,27). The molecule has 8 heteroatoms. The molecule has 1 N–H and O–H groups in total. The maximum atomic E-state index is 13.4. The minimum Gasteiger partial charge on any atom is -0.351 e. The molecule has 0 aliphatic carbocycles. The fourth-order valence-electron chi connectivity index (χ4n) is 3.26. The lowest BCUT2D eigenvalue weighted by molar-refractivity contribution is -0.121. The van der Waals surface area contributed by atoms with Crippen LogP contribution in [-0.2, 0) is 14.8 Å². The first-order valence-electron chi connectivity index (χ1n) is 9.77. The number of rotatable bonds is 8. The lowest BCUT2D eigenvalue weighted by Crippen LogP contribution is -2.47. The number of carbonyl (C=O) groups excluding carboxylic acids is 1. The van der Waals surface area contributed by atoms with E-state index in [4.69, 9.17) is 23.2 Å². The lowest BCUT2D eigenvalue weighted by atomic mass is 9.93. The topological polar surface area (TPSA) is 66.5 Å². The summed E-state index contributed by atoms with van der Waals surface area (Å²) in [5.41, 5.74) is 1.20. The van der Waals surface area contributed by atoms with Crippen LogP contribution in [0.25, 0.3) is 0 Å². The zero-order chi connectivity index (χ0) is 22.6. The Kier molecular flexibility index (Phi) is 8.20. The van der Waals surface area contributed by atoms with E-state index in [0.717, 1.165) is 9.87 Å². The molecule has 5 nitrogen and oxygen atoms in total. The van der Waals surface area contributed by atoms with Gasteiger partial charge in [-0.1, -0.05) is 68.6 Å². The summed E-state index contributed by atoms with van der Waals surface area (Å²) < 4.78 is 27.9. The number of nitrogens with one attached hydrogen (secondary N) is 1. The molecule has 0 heterocycles. The molecule has 0 spiro atoms. The molecule has 0 atom stereocenters. The van der Waals surface area contributed by atoms with Gasteiger partial charge in [0.1, 0.15) is 6.54 Å². The van der Waals surface area contributed by atoms with Crippen LogP contribution in [0, 0.1) is 18.8 Å². The first kappa shape index (κ1) is 24.5. The van der Waals surface area contributed by atoms with Crippen LogP contribution >= 0.6 is 23.2 Å². The molecule has 0 unspecified atom stereocenters. The number of carbonyl (C=O) groups is 1. The number of hydrogen-bond donors (Lipinski definition) is 1. The molecule has 2 rings (SSSR count). The van der Waals surface area contributed by atoms with Crippen molar-refractivity contribution in [1.29, 1.82) is 0 Å². The summed E-state index contributed by atoms with van der Waals surface area (Å²) >= 11 is 12.1. The van der Waals surface area contributed by atoms with Crippen molar-refractivity contribution in [2.45, 2.75) is 45.6 Å². The van der Waals surface area contributed by atoms with Gasteiger partial charge in [0.2, 0.25) is 5.91 Å². The van der Waals surface area contributed by atoms with Crippen LogP contribution < -0.4 is 9.62 Å².